The molecule has 0 bridgehead atoms. The smallest absolute Gasteiger partial charge is 0.337 e. The first-order chi connectivity index (χ1) is 13.0. The first-order valence-electron chi connectivity index (χ1n) is 8.47. The molecule has 0 aliphatic carbocycles. The third-order valence-electron chi connectivity index (χ3n) is 4.38. The topological polar surface area (TPSA) is 75.7 Å². The van der Waals surface area contributed by atoms with Gasteiger partial charge in [-0.3, -0.25) is 9.59 Å². The van der Waals surface area contributed by atoms with Gasteiger partial charge in [0.15, 0.2) is 0 Å². The Morgan fingerprint density at radius 3 is 2.56 bits per heavy atom. The summed E-state index contributed by atoms with van der Waals surface area (Å²) in [5.41, 5.74) is 1.44. The number of hydrogen-bond acceptors (Lipinski definition) is 4. The van der Waals surface area contributed by atoms with Crippen molar-refractivity contribution in [2.45, 2.75) is 19.0 Å². The summed E-state index contributed by atoms with van der Waals surface area (Å²) in [7, 11) is 1.29. The predicted molar refractivity (Wildman–Crippen MR) is 95.5 cm³/mol. The first-order valence-corrected chi connectivity index (χ1v) is 8.47. The van der Waals surface area contributed by atoms with Gasteiger partial charge in [0.1, 0.15) is 5.82 Å². The number of methoxy groups -OCH3 is 1. The highest BCUT2D eigenvalue weighted by atomic mass is 19.1. The lowest BCUT2D eigenvalue weighted by atomic mass is 10.1. The Balaban J connectivity index is 1.59. The van der Waals surface area contributed by atoms with Crippen molar-refractivity contribution >= 4 is 17.8 Å². The molecule has 2 aromatic carbocycles. The van der Waals surface area contributed by atoms with E-state index < -0.39 is 5.97 Å². The summed E-state index contributed by atoms with van der Waals surface area (Å²) in [5.74, 6) is -1.24. The van der Waals surface area contributed by atoms with E-state index in [0.29, 0.717) is 29.8 Å². The molecule has 1 saturated heterocycles. The van der Waals surface area contributed by atoms with Crippen LogP contribution in [0.5, 0.6) is 0 Å². The van der Waals surface area contributed by atoms with Crippen molar-refractivity contribution < 1.29 is 23.5 Å². The van der Waals surface area contributed by atoms with Crippen molar-refractivity contribution in [2.75, 3.05) is 13.7 Å². The Morgan fingerprint density at radius 2 is 1.89 bits per heavy atom. The zero-order chi connectivity index (χ0) is 19.4. The number of halogens is 1. The summed E-state index contributed by atoms with van der Waals surface area (Å²) in [6.45, 7) is 0.665. The predicted octanol–water partition coefficient (Wildman–Crippen LogP) is 2.14. The van der Waals surface area contributed by atoms with Crippen LogP contribution in [-0.4, -0.2) is 42.4 Å². The van der Waals surface area contributed by atoms with Gasteiger partial charge in [0.05, 0.1) is 18.7 Å². The second-order valence-electron chi connectivity index (χ2n) is 6.35. The summed E-state index contributed by atoms with van der Waals surface area (Å²) < 4.78 is 17.9. The lowest BCUT2D eigenvalue weighted by molar-refractivity contribution is -0.128. The van der Waals surface area contributed by atoms with Crippen molar-refractivity contribution in [2.24, 2.45) is 0 Å². The number of benzene rings is 2. The average Bonchev–Trinajstić information content (AvgIpc) is 3.00. The molecule has 0 spiro atoms. The van der Waals surface area contributed by atoms with Crippen LogP contribution < -0.4 is 5.32 Å². The average molecular weight is 370 g/mol. The van der Waals surface area contributed by atoms with Gasteiger partial charge >= 0.3 is 5.97 Å². The Kier molecular flexibility index (Phi) is 5.49. The molecule has 3 rings (SSSR count). The van der Waals surface area contributed by atoms with Crippen LogP contribution in [0.2, 0.25) is 0 Å². The second-order valence-corrected chi connectivity index (χ2v) is 6.35. The molecule has 2 amide bonds. The Hall–Kier alpha value is -3.22. The summed E-state index contributed by atoms with van der Waals surface area (Å²) >= 11 is 0. The van der Waals surface area contributed by atoms with Crippen molar-refractivity contribution in [1.82, 2.24) is 10.2 Å². The molecule has 2 aromatic rings. The lowest BCUT2D eigenvalue weighted by Gasteiger charge is -2.17. The molecular formula is C20H19FN2O4. The normalized spacial score (nSPS) is 16.3. The van der Waals surface area contributed by atoms with Crippen molar-refractivity contribution in [3.05, 3.63) is 71.0 Å². The molecule has 140 valence electrons. The van der Waals surface area contributed by atoms with Gasteiger partial charge in [0.25, 0.3) is 5.91 Å². The zero-order valence-electron chi connectivity index (χ0n) is 14.8. The fourth-order valence-electron chi connectivity index (χ4n) is 3.02. The van der Waals surface area contributed by atoms with Crippen LogP contribution in [0.15, 0.2) is 48.5 Å². The van der Waals surface area contributed by atoms with Crippen LogP contribution in [0, 0.1) is 5.82 Å². The van der Waals surface area contributed by atoms with E-state index in [4.69, 9.17) is 0 Å². The van der Waals surface area contributed by atoms with E-state index in [0.717, 1.165) is 0 Å². The molecule has 1 N–H and O–H groups in total. The Bertz CT molecular complexity index is 867. The van der Waals surface area contributed by atoms with Gasteiger partial charge < -0.3 is 15.0 Å². The molecule has 0 aromatic heterocycles. The minimum absolute atomic E-state index is 0.0920. The molecule has 0 saturated carbocycles. The maximum atomic E-state index is 13.3. The van der Waals surface area contributed by atoms with Crippen LogP contribution in [0.4, 0.5) is 4.39 Å². The van der Waals surface area contributed by atoms with Gasteiger partial charge in [-0.2, -0.15) is 0 Å². The molecule has 1 aliphatic heterocycles. The number of carbonyl (C=O) groups excluding carboxylic acids is 3. The molecule has 6 nitrogen and oxygen atoms in total. The summed E-state index contributed by atoms with van der Waals surface area (Å²) in [6, 6.07) is 11.9. The van der Waals surface area contributed by atoms with E-state index in [-0.39, 0.29) is 30.1 Å². The fraction of sp³-hybridized carbons (Fsp3) is 0.250. The Morgan fingerprint density at radius 1 is 1.19 bits per heavy atom. The quantitative estimate of drug-likeness (QED) is 0.819. The van der Waals surface area contributed by atoms with Gasteiger partial charge in [-0.25, -0.2) is 9.18 Å². The monoisotopic (exact) mass is 370 g/mol. The second kappa shape index (κ2) is 7.99. The number of likely N-dealkylation sites (tertiary alicyclic amines) is 1. The van der Waals surface area contributed by atoms with Gasteiger partial charge in [-0.15, -0.1) is 0 Å². The zero-order valence-corrected chi connectivity index (χ0v) is 14.8. The number of hydrogen-bond donors (Lipinski definition) is 1. The SMILES string of the molecule is COC(=O)c1ccc(C(=O)NC2CC(=O)N(Cc3cccc(F)c3)C2)cc1. The number of nitrogens with one attached hydrogen (secondary N) is 1. The third kappa shape index (κ3) is 4.49. The van der Waals surface area contributed by atoms with Gasteiger partial charge in [0.2, 0.25) is 5.91 Å². The van der Waals surface area contributed by atoms with Crippen LogP contribution in [-0.2, 0) is 16.1 Å². The third-order valence-corrected chi connectivity index (χ3v) is 4.38. The minimum Gasteiger partial charge on any atom is -0.465 e. The van der Waals surface area contributed by atoms with E-state index in [2.05, 4.69) is 10.1 Å². The van der Waals surface area contributed by atoms with Crippen molar-refractivity contribution in [1.29, 1.82) is 0 Å². The van der Waals surface area contributed by atoms with E-state index in [1.54, 1.807) is 17.0 Å². The van der Waals surface area contributed by atoms with E-state index in [1.807, 2.05) is 0 Å². The highest BCUT2D eigenvalue weighted by Gasteiger charge is 2.30. The molecule has 27 heavy (non-hydrogen) atoms. The lowest BCUT2D eigenvalue weighted by Crippen LogP contribution is -2.37. The molecule has 1 unspecified atom stereocenters. The molecule has 1 aliphatic rings. The number of esters is 1. The van der Waals surface area contributed by atoms with E-state index in [9.17, 15) is 18.8 Å². The van der Waals surface area contributed by atoms with Gasteiger partial charge in [0, 0.05) is 25.1 Å². The number of nitrogens with zero attached hydrogens (tertiary/aromatic N) is 1. The highest BCUT2D eigenvalue weighted by Crippen LogP contribution is 2.16. The highest BCUT2D eigenvalue weighted by molar-refractivity contribution is 5.96. The van der Waals surface area contributed by atoms with Crippen LogP contribution in [0.1, 0.15) is 32.7 Å². The number of rotatable bonds is 5. The standard InChI is InChI=1S/C20H19FN2O4/c1-27-20(26)15-7-5-14(6-8-15)19(25)22-17-10-18(24)23(12-17)11-13-3-2-4-16(21)9-13/h2-9,17H,10-12H2,1H3,(H,22,25). The number of amides is 2. The van der Waals surface area contributed by atoms with E-state index >= 15 is 0 Å². The summed E-state index contributed by atoms with van der Waals surface area (Å²) in [6.07, 6.45) is 0.196. The van der Waals surface area contributed by atoms with Crippen molar-refractivity contribution in [3.8, 4) is 0 Å². The minimum atomic E-state index is -0.476. The largest absolute Gasteiger partial charge is 0.465 e. The molecule has 1 fully saturated rings. The molecular weight excluding hydrogens is 351 g/mol. The van der Waals surface area contributed by atoms with Gasteiger partial charge in [-0.1, -0.05) is 12.1 Å². The number of carbonyl (C=O) groups is 3. The molecule has 0 radical (unpaired) electrons. The van der Waals surface area contributed by atoms with Crippen LogP contribution in [0.3, 0.4) is 0 Å². The summed E-state index contributed by atoms with van der Waals surface area (Å²) in [5, 5.41) is 2.82. The van der Waals surface area contributed by atoms with Crippen molar-refractivity contribution in [3.63, 3.8) is 0 Å². The molecule has 1 atom stereocenters. The van der Waals surface area contributed by atoms with Crippen LogP contribution >= 0.6 is 0 Å². The molecule has 1 heterocycles. The first kappa shape index (κ1) is 18.6. The summed E-state index contributed by atoms with van der Waals surface area (Å²) in [4.78, 5) is 37.6. The fourth-order valence-corrected chi connectivity index (χ4v) is 3.02. The Labute approximate surface area is 155 Å². The van der Waals surface area contributed by atoms with E-state index in [1.165, 1.54) is 43.5 Å². The van der Waals surface area contributed by atoms with Gasteiger partial charge in [-0.05, 0) is 42.0 Å². The maximum absolute atomic E-state index is 13.3. The van der Waals surface area contributed by atoms with Crippen LogP contribution in [0.25, 0.3) is 0 Å². The maximum Gasteiger partial charge on any atom is 0.337 e. The molecule has 7 heteroatoms. The number of ether oxygens (including phenoxy) is 1.